The molecular formula is C24H25N3O2. The summed E-state index contributed by atoms with van der Waals surface area (Å²) in [5.74, 6) is 0.822. The number of nitrogens with zero attached hydrogens (tertiary/aromatic N) is 2. The summed E-state index contributed by atoms with van der Waals surface area (Å²) in [4.78, 5) is 16.0. The zero-order valence-corrected chi connectivity index (χ0v) is 17.0. The molecule has 1 aromatic heterocycles. The number of anilines is 1. The number of fused-ring (bicyclic) bond motifs is 1. The Kier molecular flexibility index (Phi) is 4.10. The zero-order valence-electron chi connectivity index (χ0n) is 17.0. The fourth-order valence-electron chi connectivity index (χ4n) is 5.19. The van der Waals surface area contributed by atoms with Gasteiger partial charge in [0.05, 0.1) is 5.69 Å². The van der Waals surface area contributed by atoms with Crippen molar-refractivity contribution >= 4 is 11.6 Å². The van der Waals surface area contributed by atoms with E-state index in [1.165, 1.54) is 0 Å². The molecule has 5 rings (SSSR count). The van der Waals surface area contributed by atoms with E-state index in [0.29, 0.717) is 6.04 Å². The molecule has 2 aliphatic heterocycles. The number of carbonyl (C=O) groups is 1. The van der Waals surface area contributed by atoms with Crippen LogP contribution in [0.1, 0.15) is 42.3 Å². The van der Waals surface area contributed by atoms with Crippen LogP contribution in [0.3, 0.4) is 0 Å². The van der Waals surface area contributed by atoms with Crippen LogP contribution < -0.4 is 5.32 Å². The Hall–Kier alpha value is -2.92. The number of likely N-dealkylation sites (tertiary alicyclic amines) is 1. The third-order valence-corrected chi connectivity index (χ3v) is 6.48. The van der Waals surface area contributed by atoms with Gasteiger partial charge in [-0.2, -0.15) is 0 Å². The largest absolute Gasteiger partial charge is 0.361 e. The molecule has 29 heavy (non-hydrogen) atoms. The number of aryl methyl sites for hydroxylation is 2. The van der Waals surface area contributed by atoms with Crippen LogP contribution in [0, 0.1) is 13.8 Å². The third-order valence-electron chi connectivity index (χ3n) is 6.48. The summed E-state index contributed by atoms with van der Waals surface area (Å²) < 4.78 is 5.40. The molecule has 1 N–H and O–H groups in total. The molecule has 3 aromatic rings. The van der Waals surface area contributed by atoms with Crippen molar-refractivity contribution in [3.05, 3.63) is 71.1 Å². The molecule has 2 atom stereocenters. The Morgan fingerprint density at radius 3 is 2.62 bits per heavy atom. The standard InChI is InChI=1S/C24H25N3O2/c1-15-8-7-13-27(15)24(19-9-5-4-6-10-19)20-14-18(11-12-21(20)25-23(24)28)22-16(2)26-29-17(22)3/h4-6,9-12,14-15H,7-8,13H2,1-3H3,(H,25,28)/t15-,24?/m1/s1. The summed E-state index contributed by atoms with van der Waals surface area (Å²) in [7, 11) is 0. The molecule has 0 radical (unpaired) electrons. The minimum absolute atomic E-state index is 0.0309. The lowest BCUT2D eigenvalue weighted by Gasteiger charge is -2.40. The van der Waals surface area contributed by atoms with Gasteiger partial charge in [0.2, 0.25) is 0 Å². The van der Waals surface area contributed by atoms with Gasteiger partial charge in [-0.05, 0) is 56.9 Å². The second kappa shape index (κ2) is 6.56. The summed E-state index contributed by atoms with van der Waals surface area (Å²) >= 11 is 0. The van der Waals surface area contributed by atoms with Gasteiger partial charge in [0, 0.05) is 29.4 Å². The predicted octanol–water partition coefficient (Wildman–Crippen LogP) is 4.64. The summed E-state index contributed by atoms with van der Waals surface area (Å²) in [5, 5.41) is 7.28. The molecular weight excluding hydrogens is 362 g/mol. The van der Waals surface area contributed by atoms with Crippen molar-refractivity contribution in [2.75, 3.05) is 11.9 Å². The molecule has 0 saturated carbocycles. The summed E-state index contributed by atoms with van der Waals surface area (Å²) in [6, 6.07) is 16.7. The van der Waals surface area contributed by atoms with Gasteiger partial charge in [-0.1, -0.05) is 41.6 Å². The lowest BCUT2D eigenvalue weighted by molar-refractivity contribution is -0.125. The Morgan fingerprint density at radius 1 is 1.17 bits per heavy atom. The van der Waals surface area contributed by atoms with Crippen molar-refractivity contribution in [2.45, 2.75) is 45.2 Å². The molecule has 0 aliphatic carbocycles. The number of hydrogen-bond acceptors (Lipinski definition) is 4. The molecule has 1 fully saturated rings. The number of carbonyl (C=O) groups excluding carboxylic acids is 1. The van der Waals surface area contributed by atoms with Gasteiger partial charge in [0.25, 0.3) is 5.91 Å². The van der Waals surface area contributed by atoms with Gasteiger partial charge in [0.15, 0.2) is 5.54 Å². The van der Waals surface area contributed by atoms with Crippen LogP contribution in [0.2, 0.25) is 0 Å². The van der Waals surface area contributed by atoms with Crippen molar-refractivity contribution in [2.24, 2.45) is 0 Å². The average Bonchev–Trinajstić information content (AvgIpc) is 3.38. The van der Waals surface area contributed by atoms with Gasteiger partial charge in [-0.25, -0.2) is 0 Å². The first-order chi connectivity index (χ1) is 14.0. The van der Waals surface area contributed by atoms with E-state index in [2.05, 4.69) is 40.5 Å². The molecule has 1 unspecified atom stereocenters. The van der Waals surface area contributed by atoms with E-state index in [9.17, 15) is 4.79 Å². The first-order valence-corrected chi connectivity index (χ1v) is 10.2. The first kappa shape index (κ1) is 18.1. The van der Waals surface area contributed by atoms with E-state index >= 15 is 0 Å². The normalized spacial score (nSPS) is 24.0. The van der Waals surface area contributed by atoms with E-state index in [4.69, 9.17) is 4.52 Å². The number of hydrogen-bond donors (Lipinski definition) is 1. The van der Waals surface area contributed by atoms with Crippen molar-refractivity contribution in [3.8, 4) is 11.1 Å². The van der Waals surface area contributed by atoms with E-state index in [-0.39, 0.29) is 5.91 Å². The highest BCUT2D eigenvalue weighted by Crippen LogP contribution is 2.49. The Morgan fingerprint density at radius 2 is 1.97 bits per heavy atom. The second-order valence-corrected chi connectivity index (χ2v) is 8.17. The van der Waals surface area contributed by atoms with Crippen molar-refractivity contribution in [3.63, 3.8) is 0 Å². The number of amides is 1. The molecule has 1 amide bonds. The van der Waals surface area contributed by atoms with Crippen LogP contribution in [0.25, 0.3) is 11.1 Å². The zero-order chi connectivity index (χ0) is 20.2. The lowest BCUT2D eigenvalue weighted by Crippen LogP contribution is -2.53. The highest BCUT2D eigenvalue weighted by Gasteiger charge is 2.54. The minimum Gasteiger partial charge on any atom is -0.361 e. The summed E-state index contributed by atoms with van der Waals surface area (Å²) in [6.45, 7) is 7.01. The highest BCUT2D eigenvalue weighted by atomic mass is 16.5. The average molecular weight is 387 g/mol. The van der Waals surface area contributed by atoms with E-state index in [1.54, 1.807) is 0 Å². The first-order valence-electron chi connectivity index (χ1n) is 10.2. The maximum Gasteiger partial charge on any atom is 0.254 e. The van der Waals surface area contributed by atoms with Crippen LogP contribution in [-0.4, -0.2) is 28.6 Å². The van der Waals surface area contributed by atoms with Crippen LogP contribution in [0.4, 0.5) is 5.69 Å². The molecule has 3 heterocycles. The summed E-state index contributed by atoms with van der Waals surface area (Å²) in [5.41, 5.74) is 4.99. The number of benzene rings is 2. The molecule has 148 valence electrons. The maximum atomic E-state index is 13.6. The van der Waals surface area contributed by atoms with Crippen LogP contribution in [0.5, 0.6) is 0 Å². The molecule has 5 heteroatoms. The number of aromatic nitrogens is 1. The Labute approximate surface area is 170 Å². The predicted molar refractivity (Wildman–Crippen MR) is 113 cm³/mol. The van der Waals surface area contributed by atoms with Gasteiger partial charge in [-0.3, -0.25) is 9.69 Å². The van der Waals surface area contributed by atoms with Crippen LogP contribution in [-0.2, 0) is 10.3 Å². The van der Waals surface area contributed by atoms with Crippen LogP contribution >= 0.6 is 0 Å². The SMILES string of the molecule is Cc1noc(C)c1-c1ccc2c(c1)C(c1ccccc1)(N1CCC[C@H]1C)C(=O)N2. The molecule has 0 spiro atoms. The van der Waals surface area contributed by atoms with Gasteiger partial charge in [0.1, 0.15) is 5.76 Å². The Bertz CT molecular complexity index is 1070. The molecule has 2 aliphatic rings. The number of rotatable bonds is 3. The minimum atomic E-state index is -0.818. The van der Waals surface area contributed by atoms with Gasteiger partial charge < -0.3 is 9.84 Å². The smallest absolute Gasteiger partial charge is 0.254 e. The molecule has 5 nitrogen and oxygen atoms in total. The highest BCUT2D eigenvalue weighted by molar-refractivity contribution is 6.09. The quantitative estimate of drug-likeness (QED) is 0.711. The monoisotopic (exact) mass is 387 g/mol. The third kappa shape index (κ3) is 2.50. The van der Waals surface area contributed by atoms with E-state index < -0.39 is 5.54 Å². The molecule has 0 bridgehead atoms. The van der Waals surface area contributed by atoms with Crippen molar-refractivity contribution in [1.29, 1.82) is 0 Å². The van der Waals surface area contributed by atoms with Gasteiger partial charge >= 0.3 is 0 Å². The lowest BCUT2D eigenvalue weighted by atomic mass is 9.80. The molecule has 2 aromatic carbocycles. The van der Waals surface area contributed by atoms with E-state index in [1.807, 2.05) is 44.2 Å². The fourth-order valence-corrected chi connectivity index (χ4v) is 5.19. The fraction of sp³-hybridized carbons (Fsp3) is 0.333. The van der Waals surface area contributed by atoms with Gasteiger partial charge in [-0.15, -0.1) is 0 Å². The van der Waals surface area contributed by atoms with E-state index in [0.717, 1.165) is 58.8 Å². The summed E-state index contributed by atoms with van der Waals surface area (Å²) in [6.07, 6.45) is 2.20. The number of nitrogens with one attached hydrogen (secondary N) is 1. The molecule has 1 saturated heterocycles. The second-order valence-electron chi connectivity index (χ2n) is 8.17. The van der Waals surface area contributed by atoms with Crippen LogP contribution in [0.15, 0.2) is 53.1 Å². The van der Waals surface area contributed by atoms with Crippen molar-refractivity contribution < 1.29 is 9.32 Å². The topological polar surface area (TPSA) is 58.4 Å². The van der Waals surface area contributed by atoms with Crippen molar-refractivity contribution in [1.82, 2.24) is 10.1 Å². The maximum absolute atomic E-state index is 13.6. The Balaban J connectivity index is 1.78.